The summed E-state index contributed by atoms with van der Waals surface area (Å²) < 4.78 is 10.4. The van der Waals surface area contributed by atoms with Gasteiger partial charge < -0.3 is 9.15 Å². The molecular formula is C12H10O3. The molecule has 0 amide bonds. The summed E-state index contributed by atoms with van der Waals surface area (Å²) in [6.07, 6.45) is 1.38. The summed E-state index contributed by atoms with van der Waals surface area (Å²) >= 11 is 0. The van der Waals surface area contributed by atoms with E-state index < -0.39 is 0 Å². The lowest BCUT2D eigenvalue weighted by Gasteiger charge is -2.05. The molecule has 0 saturated heterocycles. The number of rotatable bonds is 2. The predicted molar refractivity (Wildman–Crippen MR) is 57.0 cm³/mol. The molecule has 0 bridgehead atoms. The fourth-order valence-corrected chi connectivity index (χ4v) is 1.38. The minimum Gasteiger partial charge on any atom is -0.496 e. The van der Waals surface area contributed by atoms with Gasteiger partial charge in [-0.3, -0.25) is 4.79 Å². The molecule has 0 atom stereocenters. The van der Waals surface area contributed by atoms with Crippen LogP contribution < -0.4 is 10.2 Å². The van der Waals surface area contributed by atoms with E-state index in [1.807, 2.05) is 24.3 Å². The first kappa shape index (κ1) is 9.52. The van der Waals surface area contributed by atoms with Crippen LogP contribution in [-0.2, 0) is 0 Å². The van der Waals surface area contributed by atoms with Gasteiger partial charge in [-0.15, -0.1) is 0 Å². The Bertz CT molecular complexity index is 514. The number of hydrogen-bond donors (Lipinski definition) is 0. The highest BCUT2D eigenvalue weighted by Gasteiger charge is 2.06. The molecule has 3 nitrogen and oxygen atoms in total. The maximum atomic E-state index is 11.2. The lowest BCUT2D eigenvalue weighted by Crippen LogP contribution is -1.96. The third-order valence-corrected chi connectivity index (χ3v) is 2.07. The van der Waals surface area contributed by atoms with Crippen molar-refractivity contribution >= 4 is 0 Å². The standard InChI is InChI=1S/C12H10O3/c1-14-11-5-3-2-4-10(11)12-8-9(13)6-7-15-12/h2-8H,1H3. The van der Waals surface area contributed by atoms with Crippen molar-refractivity contribution in [3.05, 3.63) is 52.9 Å². The molecular weight excluding hydrogens is 192 g/mol. The van der Waals surface area contributed by atoms with E-state index in [-0.39, 0.29) is 5.43 Å². The third-order valence-electron chi connectivity index (χ3n) is 2.07. The Morgan fingerprint density at radius 1 is 1.20 bits per heavy atom. The molecule has 0 radical (unpaired) electrons. The molecule has 0 aliphatic heterocycles. The Kier molecular flexibility index (Phi) is 2.54. The van der Waals surface area contributed by atoms with E-state index in [1.165, 1.54) is 18.4 Å². The molecule has 0 N–H and O–H groups in total. The van der Waals surface area contributed by atoms with Gasteiger partial charge >= 0.3 is 0 Å². The van der Waals surface area contributed by atoms with Gasteiger partial charge in [-0.1, -0.05) is 12.1 Å². The van der Waals surface area contributed by atoms with Crippen LogP contribution in [0.5, 0.6) is 5.75 Å². The molecule has 0 unspecified atom stereocenters. The average Bonchev–Trinajstić information content (AvgIpc) is 2.29. The molecule has 0 aliphatic carbocycles. The first-order valence-corrected chi connectivity index (χ1v) is 4.53. The van der Waals surface area contributed by atoms with Gasteiger partial charge in [0.2, 0.25) is 0 Å². The summed E-state index contributed by atoms with van der Waals surface area (Å²) in [6.45, 7) is 0. The van der Waals surface area contributed by atoms with Crippen LogP contribution in [0, 0.1) is 0 Å². The van der Waals surface area contributed by atoms with Crippen molar-refractivity contribution in [3.8, 4) is 17.1 Å². The monoisotopic (exact) mass is 202 g/mol. The van der Waals surface area contributed by atoms with Crippen molar-refractivity contribution in [1.82, 2.24) is 0 Å². The van der Waals surface area contributed by atoms with E-state index in [2.05, 4.69) is 0 Å². The Hall–Kier alpha value is -2.03. The minimum atomic E-state index is -0.0813. The van der Waals surface area contributed by atoms with Crippen molar-refractivity contribution in [2.45, 2.75) is 0 Å². The fourth-order valence-electron chi connectivity index (χ4n) is 1.38. The quantitative estimate of drug-likeness (QED) is 0.750. The van der Waals surface area contributed by atoms with E-state index in [9.17, 15) is 4.79 Å². The SMILES string of the molecule is COc1ccccc1-c1cc(=O)cco1. The van der Waals surface area contributed by atoms with E-state index in [0.717, 1.165) is 5.56 Å². The summed E-state index contributed by atoms with van der Waals surface area (Å²) in [7, 11) is 1.58. The Balaban J connectivity index is 2.58. The van der Waals surface area contributed by atoms with E-state index >= 15 is 0 Å². The molecule has 0 aliphatic rings. The van der Waals surface area contributed by atoms with Gasteiger partial charge in [0.1, 0.15) is 11.5 Å². The van der Waals surface area contributed by atoms with Crippen molar-refractivity contribution < 1.29 is 9.15 Å². The topological polar surface area (TPSA) is 39.4 Å². The summed E-state index contributed by atoms with van der Waals surface area (Å²) in [5, 5.41) is 0. The van der Waals surface area contributed by atoms with Crippen LogP contribution in [0.2, 0.25) is 0 Å². The zero-order valence-electron chi connectivity index (χ0n) is 8.27. The Labute approximate surface area is 86.9 Å². The van der Waals surface area contributed by atoms with Crippen LogP contribution >= 0.6 is 0 Å². The normalized spacial score (nSPS) is 9.93. The van der Waals surface area contributed by atoms with Crippen molar-refractivity contribution in [1.29, 1.82) is 0 Å². The lowest BCUT2D eigenvalue weighted by atomic mass is 10.1. The zero-order chi connectivity index (χ0) is 10.7. The van der Waals surface area contributed by atoms with Crippen LogP contribution in [0.3, 0.4) is 0 Å². The van der Waals surface area contributed by atoms with E-state index in [0.29, 0.717) is 11.5 Å². The molecule has 0 spiro atoms. The molecule has 3 heteroatoms. The van der Waals surface area contributed by atoms with Gasteiger partial charge in [0.15, 0.2) is 5.43 Å². The summed E-state index contributed by atoms with van der Waals surface area (Å²) in [5.41, 5.74) is 0.694. The van der Waals surface area contributed by atoms with Crippen molar-refractivity contribution in [2.24, 2.45) is 0 Å². The zero-order valence-corrected chi connectivity index (χ0v) is 8.27. The maximum absolute atomic E-state index is 11.2. The minimum absolute atomic E-state index is 0.0813. The number of para-hydroxylation sites is 1. The van der Waals surface area contributed by atoms with Crippen LogP contribution in [-0.4, -0.2) is 7.11 Å². The molecule has 1 aromatic heterocycles. The first-order valence-electron chi connectivity index (χ1n) is 4.53. The van der Waals surface area contributed by atoms with E-state index in [4.69, 9.17) is 9.15 Å². The van der Waals surface area contributed by atoms with Crippen molar-refractivity contribution in [3.63, 3.8) is 0 Å². The highest BCUT2D eigenvalue weighted by atomic mass is 16.5. The second-order valence-corrected chi connectivity index (χ2v) is 3.03. The molecule has 2 rings (SSSR count). The van der Waals surface area contributed by atoms with Gasteiger partial charge in [0, 0.05) is 12.1 Å². The van der Waals surface area contributed by atoms with Crippen LogP contribution in [0.25, 0.3) is 11.3 Å². The smallest absolute Gasteiger partial charge is 0.185 e. The molecule has 0 saturated carbocycles. The second kappa shape index (κ2) is 4.00. The molecule has 1 aromatic carbocycles. The first-order chi connectivity index (χ1) is 7.31. The average molecular weight is 202 g/mol. The van der Waals surface area contributed by atoms with Gasteiger partial charge in [-0.05, 0) is 12.1 Å². The number of methoxy groups -OCH3 is 1. The number of benzene rings is 1. The molecule has 15 heavy (non-hydrogen) atoms. The second-order valence-electron chi connectivity index (χ2n) is 3.03. The lowest BCUT2D eigenvalue weighted by molar-refractivity contribution is 0.414. The highest BCUT2D eigenvalue weighted by molar-refractivity contribution is 5.65. The number of hydrogen-bond acceptors (Lipinski definition) is 3. The van der Waals surface area contributed by atoms with Gasteiger partial charge in [-0.2, -0.15) is 0 Å². The Morgan fingerprint density at radius 3 is 2.73 bits per heavy atom. The predicted octanol–water partition coefficient (Wildman–Crippen LogP) is 2.32. The van der Waals surface area contributed by atoms with Crippen molar-refractivity contribution in [2.75, 3.05) is 7.11 Å². The summed E-state index contributed by atoms with van der Waals surface area (Å²) in [6, 6.07) is 10.2. The van der Waals surface area contributed by atoms with Crippen LogP contribution in [0.4, 0.5) is 0 Å². The highest BCUT2D eigenvalue weighted by Crippen LogP contribution is 2.28. The molecule has 0 fully saturated rings. The molecule has 76 valence electrons. The summed E-state index contributed by atoms with van der Waals surface area (Å²) in [4.78, 5) is 11.2. The van der Waals surface area contributed by atoms with Gasteiger partial charge in [0.25, 0.3) is 0 Å². The largest absolute Gasteiger partial charge is 0.496 e. The Morgan fingerprint density at radius 2 is 2.00 bits per heavy atom. The van der Waals surface area contributed by atoms with Crippen LogP contribution in [0.15, 0.2) is 51.9 Å². The molecule has 2 aromatic rings. The van der Waals surface area contributed by atoms with E-state index in [1.54, 1.807) is 7.11 Å². The fraction of sp³-hybridized carbons (Fsp3) is 0.0833. The maximum Gasteiger partial charge on any atom is 0.185 e. The van der Waals surface area contributed by atoms with Crippen LogP contribution in [0.1, 0.15) is 0 Å². The summed E-state index contributed by atoms with van der Waals surface area (Å²) in [5.74, 6) is 1.20. The van der Waals surface area contributed by atoms with Gasteiger partial charge in [0.05, 0.1) is 18.9 Å². The van der Waals surface area contributed by atoms with Gasteiger partial charge in [-0.25, -0.2) is 0 Å². The number of ether oxygens (including phenoxy) is 1. The third kappa shape index (κ3) is 1.91. The molecule has 1 heterocycles.